The average molecular weight is 314 g/mol. The van der Waals surface area contributed by atoms with Gasteiger partial charge in [0, 0.05) is 23.3 Å². The van der Waals surface area contributed by atoms with E-state index < -0.39 is 0 Å². The summed E-state index contributed by atoms with van der Waals surface area (Å²) in [5, 5.41) is 3.96. The van der Waals surface area contributed by atoms with E-state index in [0.717, 1.165) is 16.8 Å². The number of hydrogen-bond donors (Lipinski definition) is 1. The highest BCUT2D eigenvalue weighted by Gasteiger charge is 2.08. The van der Waals surface area contributed by atoms with Crippen LogP contribution in [0.5, 0.6) is 0 Å². The maximum atomic E-state index is 12.4. The van der Waals surface area contributed by atoms with Gasteiger partial charge in [0.25, 0.3) is 5.56 Å². The van der Waals surface area contributed by atoms with Crippen molar-refractivity contribution in [3.8, 4) is 5.69 Å². The first-order chi connectivity index (χ1) is 11.8. The molecule has 4 aromatic rings. The number of hydrogen-bond acceptors (Lipinski definition) is 4. The number of aromatic nitrogens is 3. The van der Waals surface area contributed by atoms with Crippen molar-refractivity contribution < 1.29 is 0 Å². The quantitative estimate of drug-likeness (QED) is 0.628. The highest BCUT2D eigenvalue weighted by molar-refractivity contribution is 5.77. The van der Waals surface area contributed by atoms with Crippen LogP contribution in [0, 0.1) is 0 Å². The minimum absolute atomic E-state index is 0.127. The summed E-state index contributed by atoms with van der Waals surface area (Å²) in [5.74, 6) is 0.448. The molecule has 4 rings (SSSR count). The molecule has 0 fully saturated rings. The van der Waals surface area contributed by atoms with Gasteiger partial charge in [0.05, 0.1) is 5.69 Å². The van der Waals surface area contributed by atoms with E-state index in [9.17, 15) is 4.79 Å². The summed E-state index contributed by atoms with van der Waals surface area (Å²) in [4.78, 5) is 21.3. The summed E-state index contributed by atoms with van der Waals surface area (Å²) in [6.07, 6.45) is 1.71. The van der Waals surface area contributed by atoms with Gasteiger partial charge in [0.15, 0.2) is 5.65 Å². The summed E-state index contributed by atoms with van der Waals surface area (Å²) < 4.78 is 1.59. The molecular formula is C19H14N4O. The van der Waals surface area contributed by atoms with Crippen LogP contribution in [0.15, 0.2) is 83.8 Å². The van der Waals surface area contributed by atoms with E-state index in [-0.39, 0.29) is 5.56 Å². The normalized spacial score (nSPS) is 10.7. The van der Waals surface area contributed by atoms with Crippen LogP contribution >= 0.6 is 0 Å². The molecule has 0 saturated heterocycles. The van der Waals surface area contributed by atoms with Crippen LogP contribution in [0.1, 0.15) is 0 Å². The lowest BCUT2D eigenvalue weighted by Gasteiger charge is -2.10. The van der Waals surface area contributed by atoms with Gasteiger partial charge in [-0.05, 0) is 30.3 Å². The monoisotopic (exact) mass is 314 g/mol. The summed E-state index contributed by atoms with van der Waals surface area (Å²) in [5.41, 5.74) is 2.11. The number of nitrogens with one attached hydrogen (secondary N) is 1. The van der Waals surface area contributed by atoms with E-state index in [4.69, 9.17) is 0 Å². The Morgan fingerprint density at radius 2 is 1.54 bits per heavy atom. The van der Waals surface area contributed by atoms with Gasteiger partial charge in [-0.3, -0.25) is 9.36 Å². The van der Waals surface area contributed by atoms with E-state index in [1.54, 1.807) is 16.8 Å². The first-order valence-corrected chi connectivity index (χ1v) is 7.57. The molecule has 24 heavy (non-hydrogen) atoms. The molecule has 0 atom stereocenters. The minimum atomic E-state index is -0.127. The first kappa shape index (κ1) is 14.1. The van der Waals surface area contributed by atoms with E-state index in [2.05, 4.69) is 15.3 Å². The van der Waals surface area contributed by atoms with Crippen LogP contribution < -0.4 is 10.9 Å². The van der Waals surface area contributed by atoms with Crippen LogP contribution in [-0.4, -0.2) is 14.5 Å². The fraction of sp³-hybridized carbons (Fsp3) is 0. The molecule has 1 N–H and O–H groups in total. The van der Waals surface area contributed by atoms with Gasteiger partial charge in [0.2, 0.25) is 5.95 Å². The minimum Gasteiger partial charge on any atom is -0.324 e. The largest absolute Gasteiger partial charge is 0.324 e. The Morgan fingerprint density at radius 1 is 0.833 bits per heavy atom. The van der Waals surface area contributed by atoms with Crippen molar-refractivity contribution in [2.75, 3.05) is 5.32 Å². The van der Waals surface area contributed by atoms with E-state index >= 15 is 0 Å². The number of rotatable bonds is 3. The van der Waals surface area contributed by atoms with Gasteiger partial charge in [-0.25, -0.2) is 4.98 Å². The summed E-state index contributed by atoms with van der Waals surface area (Å²) in [6.45, 7) is 0. The summed E-state index contributed by atoms with van der Waals surface area (Å²) in [6, 6.07) is 22.4. The van der Waals surface area contributed by atoms with Crippen LogP contribution in [0.2, 0.25) is 0 Å². The van der Waals surface area contributed by atoms with Gasteiger partial charge < -0.3 is 5.32 Å². The lowest BCUT2D eigenvalue weighted by atomic mass is 10.2. The number of pyridine rings is 1. The SMILES string of the molecule is O=c1ccc2cnc(Nc3ccccc3)nc2n1-c1ccccc1. The number of nitrogens with zero attached hydrogens (tertiary/aromatic N) is 3. The van der Waals surface area contributed by atoms with Crippen molar-refractivity contribution in [3.05, 3.63) is 89.3 Å². The van der Waals surface area contributed by atoms with E-state index in [0.29, 0.717) is 11.6 Å². The number of para-hydroxylation sites is 2. The molecule has 2 heterocycles. The third-order valence-electron chi connectivity index (χ3n) is 3.68. The van der Waals surface area contributed by atoms with Gasteiger partial charge in [-0.15, -0.1) is 0 Å². The Morgan fingerprint density at radius 3 is 2.29 bits per heavy atom. The Bertz CT molecular complexity index is 1040. The van der Waals surface area contributed by atoms with Crippen LogP contribution in [-0.2, 0) is 0 Å². The first-order valence-electron chi connectivity index (χ1n) is 7.57. The highest BCUT2D eigenvalue weighted by Crippen LogP contribution is 2.17. The Balaban J connectivity index is 1.88. The molecule has 0 aliphatic rings. The van der Waals surface area contributed by atoms with Gasteiger partial charge in [0.1, 0.15) is 0 Å². The Hall–Kier alpha value is -3.47. The lowest BCUT2D eigenvalue weighted by Crippen LogP contribution is -2.18. The summed E-state index contributed by atoms with van der Waals surface area (Å²) in [7, 11) is 0. The van der Waals surface area contributed by atoms with Crippen molar-refractivity contribution in [3.63, 3.8) is 0 Å². The smallest absolute Gasteiger partial charge is 0.256 e. The Labute approximate surface area is 138 Å². The molecule has 5 nitrogen and oxygen atoms in total. The predicted molar refractivity (Wildman–Crippen MR) is 94.9 cm³/mol. The second-order valence-corrected chi connectivity index (χ2v) is 5.31. The van der Waals surface area contributed by atoms with E-state index in [1.165, 1.54) is 6.07 Å². The fourth-order valence-corrected chi connectivity index (χ4v) is 2.56. The average Bonchev–Trinajstić information content (AvgIpc) is 2.63. The second-order valence-electron chi connectivity index (χ2n) is 5.31. The maximum Gasteiger partial charge on any atom is 0.256 e. The van der Waals surface area contributed by atoms with Gasteiger partial charge in [-0.1, -0.05) is 36.4 Å². The second kappa shape index (κ2) is 5.96. The molecule has 2 aromatic heterocycles. The predicted octanol–water partition coefficient (Wildman–Crippen LogP) is 3.52. The highest BCUT2D eigenvalue weighted by atomic mass is 16.1. The number of anilines is 2. The lowest BCUT2D eigenvalue weighted by molar-refractivity contribution is 1.01. The topological polar surface area (TPSA) is 59.8 Å². The third-order valence-corrected chi connectivity index (χ3v) is 3.68. The van der Waals surface area contributed by atoms with Crippen LogP contribution in [0.25, 0.3) is 16.7 Å². The molecule has 116 valence electrons. The zero-order valence-corrected chi connectivity index (χ0v) is 12.8. The molecule has 0 spiro atoms. The molecular weight excluding hydrogens is 300 g/mol. The third kappa shape index (κ3) is 2.63. The molecule has 0 aliphatic carbocycles. The van der Waals surface area contributed by atoms with E-state index in [1.807, 2.05) is 60.7 Å². The molecule has 0 amide bonds. The van der Waals surface area contributed by atoms with Crippen molar-refractivity contribution in [2.24, 2.45) is 0 Å². The van der Waals surface area contributed by atoms with Gasteiger partial charge in [-0.2, -0.15) is 4.98 Å². The van der Waals surface area contributed by atoms with Crippen LogP contribution in [0.3, 0.4) is 0 Å². The molecule has 5 heteroatoms. The van der Waals surface area contributed by atoms with Crippen molar-refractivity contribution >= 4 is 22.7 Å². The van der Waals surface area contributed by atoms with Gasteiger partial charge >= 0.3 is 0 Å². The number of benzene rings is 2. The van der Waals surface area contributed by atoms with Crippen molar-refractivity contribution in [2.45, 2.75) is 0 Å². The van der Waals surface area contributed by atoms with Crippen molar-refractivity contribution in [1.82, 2.24) is 14.5 Å². The standard InChI is InChI=1S/C19H14N4O/c24-17-12-11-14-13-20-19(21-15-7-3-1-4-8-15)22-18(14)23(17)16-9-5-2-6-10-16/h1-13H,(H,20,21,22). The molecule has 0 bridgehead atoms. The zero-order chi connectivity index (χ0) is 16.4. The molecule has 0 aliphatic heterocycles. The Kier molecular flexibility index (Phi) is 3.51. The number of fused-ring (bicyclic) bond motifs is 1. The molecule has 2 aromatic carbocycles. The molecule has 0 saturated carbocycles. The van der Waals surface area contributed by atoms with Crippen molar-refractivity contribution in [1.29, 1.82) is 0 Å². The van der Waals surface area contributed by atoms with Crippen LogP contribution in [0.4, 0.5) is 11.6 Å². The molecule has 0 unspecified atom stereocenters. The zero-order valence-electron chi connectivity index (χ0n) is 12.8. The molecule has 0 radical (unpaired) electrons. The fourth-order valence-electron chi connectivity index (χ4n) is 2.56. The maximum absolute atomic E-state index is 12.4. The summed E-state index contributed by atoms with van der Waals surface area (Å²) >= 11 is 0.